The monoisotopic (exact) mass is 279 g/mol. The van der Waals surface area contributed by atoms with Crippen LogP contribution in [-0.2, 0) is 4.74 Å². The van der Waals surface area contributed by atoms with Crippen molar-refractivity contribution in [3.05, 3.63) is 35.6 Å². The van der Waals surface area contributed by atoms with E-state index in [0.29, 0.717) is 19.1 Å². The van der Waals surface area contributed by atoms with Crippen molar-refractivity contribution in [3.8, 4) is 0 Å². The van der Waals surface area contributed by atoms with Gasteiger partial charge in [-0.3, -0.25) is 4.79 Å². The van der Waals surface area contributed by atoms with Crippen LogP contribution in [-0.4, -0.2) is 43.0 Å². The Hall–Kier alpha value is -1.26. The van der Waals surface area contributed by atoms with Crippen molar-refractivity contribution in [2.45, 2.75) is 32.3 Å². The Morgan fingerprint density at radius 1 is 1.45 bits per heavy atom. The van der Waals surface area contributed by atoms with Crippen molar-refractivity contribution in [2.75, 3.05) is 26.2 Å². The van der Waals surface area contributed by atoms with Crippen molar-refractivity contribution in [1.82, 2.24) is 4.90 Å². The maximum atomic E-state index is 13.5. The second kappa shape index (κ2) is 7.50. The topological polar surface area (TPSA) is 29.5 Å². The average molecular weight is 279 g/mol. The van der Waals surface area contributed by atoms with E-state index in [-0.39, 0.29) is 11.3 Å². The van der Waals surface area contributed by atoms with E-state index in [1.54, 1.807) is 18.2 Å². The molecule has 0 spiro atoms. The summed E-state index contributed by atoms with van der Waals surface area (Å²) in [5.41, 5.74) is 0.195. The number of Topliss-reactive ketones (excluding diaryl/α,β-unsaturated/α-hetero) is 1. The molecule has 1 unspecified atom stereocenters. The first-order valence-corrected chi connectivity index (χ1v) is 7.32. The molecule has 2 rings (SSSR count). The molecule has 0 radical (unpaired) electrons. The molecule has 0 N–H and O–H groups in total. The van der Waals surface area contributed by atoms with Gasteiger partial charge in [-0.2, -0.15) is 0 Å². The van der Waals surface area contributed by atoms with Crippen LogP contribution in [0.2, 0.25) is 0 Å². The molecule has 0 bridgehead atoms. The molecule has 110 valence electrons. The van der Waals surface area contributed by atoms with Gasteiger partial charge in [0, 0.05) is 26.1 Å². The number of carbonyl (C=O) groups excluding carboxylic acids is 1. The van der Waals surface area contributed by atoms with Crippen LogP contribution in [0.5, 0.6) is 0 Å². The molecule has 1 saturated heterocycles. The zero-order chi connectivity index (χ0) is 14.4. The van der Waals surface area contributed by atoms with Gasteiger partial charge in [0.2, 0.25) is 0 Å². The van der Waals surface area contributed by atoms with Crippen LogP contribution in [0.15, 0.2) is 24.3 Å². The zero-order valence-corrected chi connectivity index (χ0v) is 12.0. The van der Waals surface area contributed by atoms with Crippen molar-refractivity contribution < 1.29 is 13.9 Å². The molecule has 0 aliphatic carbocycles. The predicted molar refractivity (Wildman–Crippen MR) is 76.4 cm³/mol. The predicted octanol–water partition coefficient (Wildman–Crippen LogP) is 2.90. The largest absolute Gasteiger partial charge is 0.377 e. The molecule has 1 aliphatic heterocycles. The number of halogens is 1. The van der Waals surface area contributed by atoms with E-state index in [1.165, 1.54) is 6.07 Å². The van der Waals surface area contributed by atoms with Crippen molar-refractivity contribution in [3.63, 3.8) is 0 Å². The highest BCUT2D eigenvalue weighted by molar-refractivity contribution is 5.96. The van der Waals surface area contributed by atoms with Gasteiger partial charge in [0.1, 0.15) is 5.82 Å². The van der Waals surface area contributed by atoms with E-state index in [0.717, 1.165) is 32.5 Å². The van der Waals surface area contributed by atoms with Crippen molar-refractivity contribution >= 4 is 5.78 Å². The lowest BCUT2D eigenvalue weighted by molar-refractivity contribution is 0.0719. The minimum Gasteiger partial charge on any atom is -0.377 e. The van der Waals surface area contributed by atoms with Crippen molar-refractivity contribution in [1.29, 1.82) is 0 Å². The number of rotatable bonds is 7. The third-order valence-corrected chi connectivity index (χ3v) is 3.76. The smallest absolute Gasteiger partial charge is 0.167 e. The molecule has 20 heavy (non-hydrogen) atoms. The highest BCUT2D eigenvalue weighted by Crippen LogP contribution is 2.14. The van der Waals surface area contributed by atoms with Gasteiger partial charge in [-0.15, -0.1) is 0 Å². The maximum absolute atomic E-state index is 13.5. The molecule has 1 aromatic rings. The number of ketones is 1. The van der Waals surface area contributed by atoms with Gasteiger partial charge in [0.05, 0.1) is 11.7 Å². The van der Waals surface area contributed by atoms with E-state index in [2.05, 4.69) is 11.8 Å². The van der Waals surface area contributed by atoms with E-state index < -0.39 is 5.82 Å². The molecular weight excluding hydrogens is 257 g/mol. The summed E-state index contributed by atoms with van der Waals surface area (Å²) >= 11 is 0. The van der Waals surface area contributed by atoms with Gasteiger partial charge in [-0.05, 0) is 31.5 Å². The van der Waals surface area contributed by atoms with Crippen LogP contribution < -0.4 is 0 Å². The maximum Gasteiger partial charge on any atom is 0.167 e. The number of hydrogen-bond acceptors (Lipinski definition) is 3. The summed E-state index contributed by atoms with van der Waals surface area (Å²) in [7, 11) is 0. The number of likely N-dealkylation sites (N-methyl/N-ethyl adjacent to an activating group) is 1. The summed E-state index contributed by atoms with van der Waals surface area (Å²) in [4.78, 5) is 14.2. The van der Waals surface area contributed by atoms with Gasteiger partial charge >= 0.3 is 0 Å². The summed E-state index contributed by atoms with van der Waals surface area (Å²) in [6.07, 6.45) is 2.86. The molecule has 3 nitrogen and oxygen atoms in total. The highest BCUT2D eigenvalue weighted by atomic mass is 19.1. The highest BCUT2D eigenvalue weighted by Gasteiger charge is 2.19. The molecule has 0 amide bonds. The molecular formula is C16H22FNO2. The fourth-order valence-corrected chi connectivity index (χ4v) is 2.54. The van der Waals surface area contributed by atoms with E-state index in [9.17, 15) is 9.18 Å². The SMILES string of the molecule is CCN(CCC(=O)c1ccccc1F)CC1CCCO1. The quantitative estimate of drug-likeness (QED) is 0.719. The van der Waals surface area contributed by atoms with Crippen LogP contribution >= 0.6 is 0 Å². The first-order valence-electron chi connectivity index (χ1n) is 7.32. The first-order chi connectivity index (χ1) is 9.70. The summed E-state index contributed by atoms with van der Waals surface area (Å²) in [6, 6.07) is 6.17. The molecule has 1 aromatic carbocycles. The Morgan fingerprint density at radius 2 is 2.25 bits per heavy atom. The van der Waals surface area contributed by atoms with Crippen LogP contribution in [0.1, 0.15) is 36.5 Å². The van der Waals surface area contributed by atoms with Crippen LogP contribution in [0.25, 0.3) is 0 Å². The normalized spacial score (nSPS) is 18.6. The van der Waals surface area contributed by atoms with Crippen molar-refractivity contribution in [2.24, 2.45) is 0 Å². The number of hydrogen-bond donors (Lipinski definition) is 0. The molecule has 1 fully saturated rings. The Morgan fingerprint density at radius 3 is 2.90 bits per heavy atom. The average Bonchev–Trinajstić information content (AvgIpc) is 2.96. The lowest BCUT2D eigenvalue weighted by Crippen LogP contribution is -2.33. The summed E-state index contributed by atoms with van der Waals surface area (Å²) in [5.74, 6) is -0.562. The molecule has 1 heterocycles. The molecule has 4 heteroatoms. The lowest BCUT2D eigenvalue weighted by Gasteiger charge is -2.23. The van der Waals surface area contributed by atoms with Gasteiger partial charge < -0.3 is 9.64 Å². The fourth-order valence-electron chi connectivity index (χ4n) is 2.54. The lowest BCUT2D eigenvalue weighted by atomic mass is 10.1. The number of nitrogens with zero attached hydrogens (tertiary/aromatic N) is 1. The standard InChI is InChI=1S/C16H22FNO2/c1-2-18(12-13-6-5-11-20-13)10-9-16(19)14-7-3-4-8-15(14)17/h3-4,7-8,13H,2,5-6,9-12H2,1H3. The Labute approximate surface area is 119 Å². The number of ether oxygens (including phenoxy) is 1. The third-order valence-electron chi connectivity index (χ3n) is 3.76. The van der Waals surface area contributed by atoms with Crippen LogP contribution in [0.4, 0.5) is 4.39 Å². The number of carbonyl (C=O) groups is 1. The summed E-state index contributed by atoms with van der Waals surface area (Å²) in [6.45, 7) is 5.31. The van der Waals surface area contributed by atoms with Gasteiger partial charge in [0.25, 0.3) is 0 Å². The molecule has 0 aromatic heterocycles. The fraction of sp³-hybridized carbons (Fsp3) is 0.562. The second-order valence-corrected chi connectivity index (χ2v) is 5.18. The van der Waals surface area contributed by atoms with E-state index in [4.69, 9.17) is 4.74 Å². The van der Waals surface area contributed by atoms with Crippen LogP contribution in [0.3, 0.4) is 0 Å². The summed E-state index contributed by atoms with van der Waals surface area (Å²) < 4.78 is 19.1. The minimum atomic E-state index is -0.431. The second-order valence-electron chi connectivity index (χ2n) is 5.18. The van der Waals surface area contributed by atoms with Gasteiger partial charge in [-0.25, -0.2) is 4.39 Å². The van der Waals surface area contributed by atoms with Gasteiger partial charge in [0.15, 0.2) is 5.78 Å². The third kappa shape index (κ3) is 4.12. The van der Waals surface area contributed by atoms with E-state index >= 15 is 0 Å². The minimum absolute atomic E-state index is 0.131. The Kier molecular flexibility index (Phi) is 5.68. The Bertz CT molecular complexity index is 444. The van der Waals surface area contributed by atoms with Crippen LogP contribution in [0, 0.1) is 5.82 Å². The summed E-state index contributed by atoms with van der Waals surface area (Å²) in [5, 5.41) is 0. The van der Waals surface area contributed by atoms with Gasteiger partial charge in [-0.1, -0.05) is 19.1 Å². The zero-order valence-electron chi connectivity index (χ0n) is 12.0. The molecule has 1 aliphatic rings. The molecule has 1 atom stereocenters. The first kappa shape index (κ1) is 15.1. The number of benzene rings is 1. The Balaban J connectivity index is 1.83. The van der Waals surface area contributed by atoms with E-state index in [1.807, 2.05) is 0 Å². The molecule has 0 saturated carbocycles.